The van der Waals surface area contributed by atoms with Crippen LogP contribution < -0.4 is 30.2 Å². The van der Waals surface area contributed by atoms with Crippen molar-refractivity contribution in [2.75, 3.05) is 13.2 Å². The lowest BCUT2D eigenvalue weighted by molar-refractivity contribution is 0.304. The topological polar surface area (TPSA) is 18.5 Å². The van der Waals surface area contributed by atoms with Gasteiger partial charge in [-0.25, -0.2) is 0 Å². The molecular weight excluding hydrogens is 613 g/mol. The van der Waals surface area contributed by atoms with Gasteiger partial charge < -0.3 is 9.47 Å². The number of fused-ring (bicyclic) bond motifs is 3. The Labute approximate surface area is 299 Å². The highest BCUT2D eigenvalue weighted by Crippen LogP contribution is 2.36. The molecule has 1 aliphatic heterocycles. The molecule has 0 atom stereocenters. The van der Waals surface area contributed by atoms with Gasteiger partial charge in [0.1, 0.15) is 11.5 Å². The number of rotatable bonds is 20. The fourth-order valence-electron chi connectivity index (χ4n) is 7.76. The van der Waals surface area contributed by atoms with E-state index in [-0.39, 0.29) is 0 Å². The van der Waals surface area contributed by atoms with Gasteiger partial charge in [-0.1, -0.05) is 140 Å². The van der Waals surface area contributed by atoms with Crippen LogP contribution in [-0.4, -0.2) is 21.3 Å². The molecule has 0 saturated carbocycles. The van der Waals surface area contributed by atoms with Gasteiger partial charge in [0, 0.05) is 0 Å². The summed E-state index contributed by atoms with van der Waals surface area (Å²) in [6.45, 7) is 15.1. The molecule has 4 aromatic rings. The van der Waals surface area contributed by atoms with Crippen LogP contribution in [0.4, 0.5) is 0 Å². The first kappa shape index (κ1) is 37.0. The number of hydrogen-bond donors (Lipinski definition) is 0. The lowest BCUT2D eigenvalue weighted by Gasteiger charge is -2.32. The third-order valence-corrected chi connectivity index (χ3v) is 15.5. The van der Waals surface area contributed by atoms with Crippen LogP contribution in [0.15, 0.2) is 72.8 Å². The van der Waals surface area contributed by atoms with Crippen molar-refractivity contribution in [1.82, 2.24) is 0 Å². The van der Waals surface area contributed by atoms with Gasteiger partial charge in [0.05, 0.1) is 13.2 Å². The highest BCUT2D eigenvalue weighted by atomic mass is 28.3. The smallest absolute Gasteiger partial charge is 0.180 e. The Morgan fingerprint density at radius 2 is 0.816 bits per heavy atom. The Morgan fingerprint density at radius 3 is 1.18 bits per heavy atom. The quantitative estimate of drug-likeness (QED) is 0.0604. The van der Waals surface area contributed by atoms with E-state index in [0.717, 1.165) is 50.4 Å². The van der Waals surface area contributed by atoms with E-state index in [1.165, 1.54) is 118 Å². The van der Waals surface area contributed by atoms with Crippen LogP contribution in [0.3, 0.4) is 0 Å². The summed E-state index contributed by atoms with van der Waals surface area (Å²) in [5.74, 6) is 2.04. The molecule has 5 rings (SSSR count). The Bertz CT molecular complexity index is 1500. The summed E-state index contributed by atoms with van der Waals surface area (Å²) < 4.78 is 13.0. The molecule has 0 amide bonds. The maximum Gasteiger partial charge on any atom is 0.180 e. The van der Waals surface area contributed by atoms with Crippen molar-refractivity contribution in [2.24, 2.45) is 0 Å². The maximum atomic E-state index is 6.51. The van der Waals surface area contributed by atoms with Crippen LogP contribution in [0.5, 0.6) is 11.5 Å². The molecule has 0 aliphatic carbocycles. The van der Waals surface area contributed by atoms with E-state index in [2.05, 4.69) is 114 Å². The molecule has 0 spiro atoms. The molecule has 3 heteroatoms. The van der Waals surface area contributed by atoms with Gasteiger partial charge in [0.25, 0.3) is 0 Å². The van der Waals surface area contributed by atoms with Crippen molar-refractivity contribution >= 4 is 28.8 Å². The van der Waals surface area contributed by atoms with E-state index in [1.807, 2.05) is 0 Å². The van der Waals surface area contributed by atoms with Gasteiger partial charge in [-0.3, -0.25) is 0 Å². The second kappa shape index (κ2) is 18.1. The second-order valence-electron chi connectivity index (χ2n) is 14.5. The summed E-state index contributed by atoms with van der Waals surface area (Å²) in [7, 11) is -2.66. The Morgan fingerprint density at radius 1 is 0.449 bits per heavy atom. The van der Waals surface area contributed by atoms with E-state index in [4.69, 9.17) is 9.47 Å². The van der Waals surface area contributed by atoms with Crippen LogP contribution in [0.25, 0.3) is 11.1 Å². The molecule has 49 heavy (non-hydrogen) atoms. The van der Waals surface area contributed by atoms with Crippen molar-refractivity contribution in [3.63, 3.8) is 0 Å². The van der Waals surface area contributed by atoms with E-state index < -0.39 is 8.07 Å². The summed E-state index contributed by atoms with van der Waals surface area (Å²) in [6, 6.07) is 29.4. The number of hydrogen-bond acceptors (Lipinski definition) is 2. The van der Waals surface area contributed by atoms with Gasteiger partial charge >= 0.3 is 0 Å². The highest BCUT2D eigenvalue weighted by molar-refractivity contribution is 7.22. The SMILES string of the molecule is CCCCCOc1cc2c(cc1C)[Si](c1ccc(CCCCC)cc1)(c1ccc(CCCCC)cc1)c1cc(C)c(OCCCCC)cc1-2. The summed E-state index contributed by atoms with van der Waals surface area (Å²) in [4.78, 5) is 0. The molecule has 262 valence electrons. The van der Waals surface area contributed by atoms with Crippen LogP contribution in [-0.2, 0) is 12.8 Å². The van der Waals surface area contributed by atoms with Gasteiger partial charge in [-0.15, -0.1) is 0 Å². The summed E-state index contributed by atoms with van der Waals surface area (Å²) in [6.07, 6.45) is 16.9. The largest absolute Gasteiger partial charge is 0.493 e. The molecule has 0 saturated heterocycles. The predicted molar refractivity (Wildman–Crippen MR) is 215 cm³/mol. The molecule has 0 bridgehead atoms. The molecule has 0 aromatic heterocycles. The van der Waals surface area contributed by atoms with Crippen LogP contribution >= 0.6 is 0 Å². The monoisotopic (exact) mass is 674 g/mol. The first-order valence-electron chi connectivity index (χ1n) is 19.7. The maximum absolute atomic E-state index is 6.51. The second-order valence-corrected chi connectivity index (χ2v) is 18.2. The van der Waals surface area contributed by atoms with Crippen LogP contribution in [0.1, 0.15) is 127 Å². The van der Waals surface area contributed by atoms with E-state index >= 15 is 0 Å². The van der Waals surface area contributed by atoms with Crippen molar-refractivity contribution in [2.45, 2.75) is 131 Å². The molecule has 0 N–H and O–H groups in total. The lowest BCUT2D eigenvalue weighted by atomic mass is 10.0. The van der Waals surface area contributed by atoms with Gasteiger partial charge in [-0.2, -0.15) is 0 Å². The van der Waals surface area contributed by atoms with E-state index in [1.54, 1.807) is 0 Å². The predicted octanol–water partition coefficient (Wildman–Crippen LogP) is 10.3. The molecular formula is C46H62O2Si. The van der Waals surface area contributed by atoms with Crippen molar-refractivity contribution < 1.29 is 9.47 Å². The van der Waals surface area contributed by atoms with Gasteiger partial charge in [0.2, 0.25) is 0 Å². The lowest BCUT2D eigenvalue weighted by Crippen LogP contribution is -2.73. The first-order valence-corrected chi connectivity index (χ1v) is 21.7. The Kier molecular flexibility index (Phi) is 13.6. The fraction of sp³-hybridized carbons (Fsp3) is 0.478. The minimum absolute atomic E-state index is 0.765. The minimum Gasteiger partial charge on any atom is -0.493 e. The average Bonchev–Trinajstić information content (AvgIpc) is 3.37. The molecule has 1 aliphatic rings. The normalized spacial score (nSPS) is 12.9. The Hall–Kier alpha value is -3.30. The molecule has 4 aromatic carbocycles. The van der Waals surface area contributed by atoms with Crippen LogP contribution in [0.2, 0.25) is 0 Å². The zero-order chi connectivity index (χ0) is 34.6. The minimum atomic E-state index is -2.66. The molecule has 1 heterocycles. The third kappa shape index (κ3) is 8.36. The zero-order valence-electron chi connectivity index (χ0n) is 31.6. The van der Waals surface area contributed by atoms with Crippen molar-refractivity contribution in [3.05, 3.63) is 95.1 Å². The molecule has 2 nitrogen and oxygen atoms in total. The highest BCUT2D eigenvalue weighted by Gasteiger charge is 2.49. The first-order chi connectivity index (χ1) is 24.0. The van der Waals surface area contributed by atoms with Crippen molar-refractivity contribution in [1.29, 1.82) is 0 Å². The average molecular weight is 675 g/mol. The zero-order valence-corrected chi connectivity index (χ0v) is 32.6. The van der Waals surface area contributed by atoms with E-state index in [9.17, 15) is 0 Å². The molecule has 0 unspecified atom stereocenters. The van der Waals surface area contributed by atoms with E-state index in [0.29, 0.717) is 0 Å². The molecule has 0 fully saturated rings. The van der Waals surface area contributed by atoms with Crippen molar-refractivity contribution in [3.8, 4) is 22.6 Å². The van der Waals surface area contributed by atoms with Gasteiger partial charge in [0.15, 0.2) is 8.07 Å². The number of benzene rings is 4. The summed E-state index contributed by atoms with van der Waals surface area (Å²) >= 11 is 0. The fourth-order valence-corrected chi connectivity index (χ4v) is 13.0. The Balaban J connectivity index is 1.70. The number of aryl methyl sites for hydroxylation is 4. The number of ether oxygens (including phenoxy) is 2. The molecule has 0 radical (unpaired) electrons. The van der Waals surface area contributed by atoms with Crippen LogP contribution in [0, 0.1) is 13.8 Å². The standard InChI is InChI=1S/C46H62O2Si/c1-7-11-15-19-37-21-25-39(26-22-37)49(40-27-23-38(24-28-40)20-16-12-8-2)45-31-35(5)43(47-29-17-13-9-3)33-41(45)42-34-44(36(6)32-46(42)49)48-30-18-14-10-4/h21-28,31-34H,7-20,29-30H2,1-6H3. The third-order valence-electron chi connectivity index (χ3n) is 10.7. The number of unbranched alkanes of at least 4 members (excludes halogenated alkanes) is 8. The van der Waals surface area contributed by atoms with Gasteiger partial charge in [-0.05, 0) is 119 Å². The summed E-state index contributed by atoms with van der Waals surface area (Å²) in [5.41, 5.74) is 8.03. The summed E-state index contributed by atoms with van der Waals surface area (Å²) in [5, 5.41) is 5.91.